The quantitative estimate of drug-likeness (QED) is 0.221. The highest BCUT2D eigenvalue weighted by Gasteiger charge is 2.09. The summed E-state index contributed by atoms with van der Waals surface area (Å²) in [6, 6.07) is 11.9. The largest absolute Gasteiger partial charge is 0.494 e. The summed E-state index contributed by atoms with van der Waals surface area (Å²) in [7, 11) is 8.24. The summed E-state index contributed by atoms with van der Waals surface area (Å²) in [5.74, 6) is 1.50. The van der Waals surface area contributed by atoms with E-state index in [0.717, 1.165) is 51.9 Å². The average molecular weight is 611 g/mol. The monoisotopic (exact) mass is 609 g/mol. The topological polar surface area (TPSA) is 54.0 Å². The van der Waals surface area contributed by atoms with Crippen LogP contribution in [0, 0.1) is 0 Å². The van der Waals surface area contributed by atoms with Gasteiger partial charge in [0.25, 0.3) is 0 Å². The van der Waals surface area contributed by atoms with Crippen LogP contribution in [0.4, 0.5) is 0 Å². The number of benzene rings is 2. The van der Waals surface area contributed by atoms with Crippen LogP contribution in [0.3, 0.4) is 0 Å². The smallest absolute Gasteiger partial charge is 0.244 e. The molecule has 0 heterocycles. The minimum Gasteiger partial charge on any atom is -0.494 e. The summed E-state index contributed by atoms with van der Waals surface area (Å²) in [5, 5.41) is 2.90. The van der Waals surface area contributed by atoms with E-state index in [0.29, 0.717) is 26.2 Å². The van der Waals surface area contributed by atoms with Gasteiger partial charge in [-0.15, -0.1) is 0 Å². The van der Waals surface area contributed by atoms with Crippen LogP contribution in [0.2, 0.25) is 0 Å². The van der Waals surface area contributed by atoms with E-state index in [1.54, 1.807) is 12.2 Å². The molecular formula is C27H37Br2N3O3. The molecule has 0 aliphatic carbocycles. The molecule has 0 atom stereocenters. The molecule has 8 heteroatoms. The Morgan fingerprint density at radius 2 is 1.54 bits per heavy atom. The van der Waals surface area contributed by atoms with Gasteiger partial charge in [-0.1, -0.05) is 12.1 Å². The van der Waals surface area contributed by atoms with Crippen molar-refractivity contribution in [1.29, 1.82) is 0 Å². The number of hydrogen-bond acceptors (Lipinski definition) is 5. The van der Waals surface area contributed by atoms with Crippen molar-refractivity contribution in [3.8, 4) is 11.5 Å². The number of amides is 1. The Morgan fingerprint density at radius 1 is 0.914 bits per heavy atom. The molecule has 0 saturated heterocycles. The predicted molar refractivity (Wildman–Crippen MR) is 151 cm³/mol. The Morgan fingerprint density at radius 3 is 2.17 bits per heavy atom. The van der Waals surface area contributed by atoms with Crippen LogP contribution in [-0.2, 0) is 11.2 Å². The van der Waals surface area contributed by atoms with Crippen LogP contribution in [0.15, 0.2) is 51.4 Å². The van der Waals surface area contributed by atoms with Crippen LogP contribution < -0.4 is 14.8 Å². The summed E-state index contributed by atoms with van der Waals surface area (Å²) in [4.78, 5) is 16.4. The van der Waals surface area contributed by atoms with E-state index in [1.807, 2.05) is 24.3 Å². The second-order valence-electron chi connectivity index (χ2n) is 8.84. The van der Waals surface area contributed by atoms with E-state index < -0.39 is 0 Å². The van der Waals surface area contributed by atoms with Crippen LogP contribution >= 0.6 is 31.9 Å². The minimum atomic E-state index is -0.124. The van der Waals surface area contributed by atoms with Crippen molar-refractivity contribution in [2.45, 2.75) is 19.3 Å². The number of rotatable bonds is 15. The summed E-state index contributed by atoms with van der Waals surface area (Å²) in [6.07, 6.45) is 6.01. The maximum absolute atomic E-state index is 12.1. The number of halogens is 2. The fourth-order valence-corrected chi connectivity index (χ4v) is 4.69. The first-order chi connectivity index (χ1) is 16.7. The van der Waals surface area contributed by atoms with Crippen LogP contribution in [0.5, 0.6) is 11.5 Å². The molecule has 0 radical (unpaired) electrons. The average Bonchev–Trinajstić information content (AvgIpc) is 2.81. The zero-order valence-corrected chi connectivity index (χ0v) is 24.3. The van der Waals surface area contributed by atoms with Crippen molar-refractivity contribution in [3.63, 3.8) is 0 Å². The second kappa shape index (κ2) is 16.0. The second-order valence-corrected chi connectivity index (χ2v) is 10.6. The van der Waals surface area contributed by atoms with E-state index in [9.17, 15) is 4.79 Å². The fraction of sp³-hybridized carbons (Fsp3) is 0.444. The summed E-state index contributed by atoms with van der Waals surface area (Å²) in [6.45, 7) is 3.73. The van der Waals surface area contributed by atoms with Crippen molar-refractivity contribution < 1.29 is 14.3 Å². The molecule has 0 aromatic heterocycles. The predicted octanol–water partition coefficient (Wildman–Crippen LogP) is 5.24. The van der Waals surface area contributed by atoms with Gasteiger partial charge >= 0.3 is 0 Å². The van der Waals surface area contributed by atoms with Gasteiger partial charge in [0.15, 0.2) is 0 Å². The number of likely N-dealkylation sites (N-methyl/N-ethyl adjacent to an activating group) is 1. The number of hydrogen-bond donors (Lipinski definition) is 1. The first-order valence-electron chi connectivity index (χ1n) is 11.8. The van der Waals surface area contributed by atoms with E-state index in [1.165, 1.54) is 5.56 Å². The van der Waals surface area contributed by atoms with Gasteiger partial charge < -0.3 is 24.6 Å². The molecule has 0 aliphatic heterocycles. The van der Waals surface area contributed by atoms with Gasteiger partial charge in [0.2, 0.25) is 5.91 Å². The Balaban J connectivity index is 1.67. The Hall–Kier alpha value is -1.87. The number of nitrogens with zero attached hydrogens (tertiary/aromatic N) is 2. The van der Waals surface area contributed by atoms with Crippen LogP contribution in [0.1, 0.15) is 24.0 Å². The molecule has 35 heavy (non-hydrogen) atoms. The van der Waals surface area contributed by atoms with E-state index in [4.69, 9.17) is 9.47 Å². The third-order valence-corrected chi connectivity index (χ3v) is 6.28. The number of ether oxygens (including phenoxy) is 2. The lowest BCUT2D eigenvalue weighted by Gasteiger charge is -2.14. The van der Waals surface area contributed by atoms with Crippen LogP contribution in [-0.4, -0.2) is 76.7 Å². The van der Waals surface area contributed by atoms with Crippen molar-refractivity contribution in [2.75, 3.05) is 61.0 Å². The molecule has 0 aliphatic rings. The van der Waals surface area contributed by atoms with Gasteiger partial charge in [-0.3, -0.25) is 4.79 Å². The van der Waals surface area contributed by atoms with Crippen molar-refractivity contribution in [1.82, 2.24) is 15.1 Å². The normalized spacial score (nSPS) is 11.4. The summed E-state index contributed by atoms with van der Waals surface area (Å²) < 4.78 is 13.5. The zero-order valence-electron chi connectivity index (χ0n) is 21.2. The molecule has 2 aromatic rings. The first kappa shape index (κ1) is 29.4. The molecule has 0 spiro atoms. The molecular weight excluding hydrogens is 574 g/mol. The number of carbonyl (C=O) groups is 1. The maximum atomic E-state index is 12.1. The Bertz CT molecular complexity index is 924. The standard InChI is InChI=1S/C27H37Br2N3O3/c1-31(2)15-6-18-34-23-10-7-21(8-11-23)9-12-26(33)30-14-5-17-35-27-24(28)19-22(20-25(27)29)13-16-32(3)4/h7-12,19-20H,5-6,13-18H2,1-4H3,(H,30,33)/b12-9+. The van der Waals surface area contributed by atoms with Gasteiger partial charge in [0, 0.05) is 25.7 Å². The van der Waals surface area contributed by atoms with E-state index >= 15 is 0 Å². The SMILES string of the molecule is CN(C)CCCOc1ccc(/C=C/C(=O)NCCCOc2c(Br)cc(CCN(C)C)cc2Br)cc1. The van der Waals surface area contributed by atoms with Crippen molar-refractivity contribution in [3.05, 3.63) is 62.5 Å². The molecule has 6 nitrogen and oxygen atoms in total. The highest BCUT2D eigenvalue weighted by atomic mass is 79.9. The molecule has 2 rings (SSSR count). The molecule has 0 fully saturated rings. The zero-order chi connectivity index (χ0) is 25.6. The lowest BCUT2D eigenvalue weighted by atomic mass is 10.1. The third-order valence-electron chi connectivity index (χ3n) is 5.10. The lowest BCUT2D eigenvalue weighted by molar-refractivity contribution is -0.116. The van der Waals surface area contributed by atoms with Crippen molar-refractivity contribution in [2.24, 2.45) is 0 Å². The fourth-order valence-electron chi connectivity index (χ4n) is 3.18. The highest BCUT2D eigenvalue weighted by Crippen LogP contribution is 2.35. The van der Waals surface area contributed by atoms with E-state index in [-0.39, 0.29) is 5.91 Å². The van der Waals surface area contributed by atoms with Gasteiger partial charge in [0.1, 0.15) is 11.5 Å². The molecule has 1 amide bonds. The van der Waals surface area contributed by atoms with Gasteiger partial charge in [-0.25, -0.2) is 0 Å². The summed E-state index contributed by atoms with van der Waals surface area (Å²) in [5.41, 5.74) is 2.19. The maximum Gasteiger partial charge on any atom is 0.244 e. The van der Waals surface area contributed by atoms with E-state index in [2.05, 4.69) is 87.3 Å². The molecule has 1 N–H and O–H groups in total. The molecule has 0 bridgehead atoms. The lowest BCUT2D eigenvalue weighted by Crippen LogP contribution is -2.23. The third kappa shape index (κ3) is 12.1. The van der Waals surface area contributed by atoms with Gasteiger partial charge in [-0.05, 0) is 121 Å². The Kier molecular flexibility index (Phi) is 13.4. The Labute approximate surface area is 226 Å². The summed E-state index contributed by atoms with van der Waals surface area (Å²) >= 11 is 7.22. The molecule has 192 valence electrons. The van der Waals surface area contributed by atoms with Gasteiger partial charge in [-0.2, -0.15) is 0 Å². The first-order valence-corrected chi connectivity index (χ1v) is 13.4. The van der Waals surface area contributed by atoms with Crippen molar-refractivity contribution >= 4 is 43.8 Å². The molecule has 0 unspecified atom stereocenters. The highest BCUT2D eigenvalue weighted by molar-refractivity contribution is 9.11. The molecule has 0 saturated carbocycles. The molecule has 2 aromatic carbocycles. The minimum absolute atomic E-state index is 0.124. The van der Waals surface area contributed by atoms with Gasteiger partial charge in [0.05, 0.1) is 22.2 Å². The van der Waals surface area contributed by atoms with Crippen LogP contribution in [0.25, 0.3) is 6.08 Å². The number of carbonyl (C=O) groups excluding carboxylic acids is 1. The number of nitrogens with one attached hydrogen (secondary N) is 1.